The largest absolute Gasteiger partial charge is 0.280 e. The first-order chi connectivity index (χ1) is 10.7. The van der Waals surface area contributed by atoms with E-state index in [9.17, 15) is 0 Å². The van der Waals surface area contributed by atoms with E-state index < -0.39 is 0 Å². The van der Waals surface area contributed by atoms with Crippen LogP contribution in [0.2, 0.25) is 0 Å². The van der Waals surface area contributed by atoms with Gasteiger partial charge in [-0.25, -0.2) is 20.8 Å². The smallest absolute Gasteiger partial charge is 0.171 e. The number of nitrogens with zero attached hydrogens (tertiary/aromatic N) is 4. The SMILES string of the molecule is Cc1cnc(-c2cccs2)nc1N(N)c1cc(C2CC2)[nH]n1. The van der Waals surface area contributed by atoms with Crippen molar-refractivity contribution in [2.75, 3.05) is 5.01 Å². The predicted molar refractivity (Wildman–Crippen MR) is 87.0 cm³/mol. The molecule has 1 fully saturated rings. The maximum absolute atomic E-state index is 6.24. The van der Waals surface area contributed by atoms with E-state index in [2.05, 4.69) is 20.2 Å². The van der Waals surface area contributed by atoms with E-state index in [0.29, 0.717) is 23.4 Å². The summed E-state index contributed by atoms with van der Waals surface area (Å²) in [5.74, 6) is 8.89. The van der Waals surface area contributed by atoms with Gasteiger partial charge in [0.1, 0.15) is 0 Å². The number of anilines is 2. The molecule has 22 heavy (non-hydrogen) atoms. The first-order valence-corrected chi connectivity index (χ1v) is 8.08. The third-order valence-corrected chi connectivity index (χ3v) is 4.63. The van der Waals surface area contributed by atoms with Gasteiger partial charge >= 0.3 is 0 Å². The van der Waals surface area contributed by atoms with Crippen LogP contribution in [-0.2, 0) is 0 Å². The molecular weight excluding hydrogens is 296 g/mol. The Bertz CT molecular complexity index is 790. The Morgan fingerprint density at radius 3 is 3.00 bits per heavy atom. The molecule has 4 rings (SSSR count). The summed E-state index contributed by atoms with van der Waals surface area (Å²) in [6, 6.07) is 5.99. The lowest BCUT2D eigenvalue weighted by molar-refractivity contribution is 0.931. The van der Waals surface area contributed by atoms with Gasteiger partial charge in [0, 0.05) is 29.4 Å². The standard InChI is InChI=1S/C15H16N6S/c1-9-8-17-14(12-3-2-6-22-12)18-15(9)21(16)13-7-11(19-20-13)10-4-5-10/h2-3,6-8,10H,4-5,16H2,1H3,(H,19,20). The summed E-state index contributed by atoms with van der Waals surface area (Å²) < 4.78 is 0. The number of aryl methyl sites for hydroxylation is 1. The van der Waals surface area contributed by atoms with Gasteiger partial charge in [-0.15, -0.1) is 11.3 Å². The molecule has 0 aromatic carbocycles. The molecule has 1 aliphatic carbocycles. The molecule has 0 amide bonds. The summed E-state index contributed by atoms with van der Waals surface area (Å²) in [6.45, 7) is 1.95. The number of hydrazine groups is 1. The number of hydrogen-bond donors (Lipinski definition) is 2. The van der Waals surface area contributed by atoms with Crippen molar-refractivity contribution in [3.63, 3.8) is 0 Å². The highest BCUT2D eigenvalue weighted by molar-refractivity contribution is 7.13. The van der Waals surface area contributed by atoms with Crippen LogP contribution < -0.4 is 10.9 Å². The normalized spacial score (nSPS) is 14.3. The average molecular weight is 312 g/mol. The number of H-pyrrole nitrogens is 1. The summed E-state index contributed by atoms with van der Waals surface area (Å²) in [4.78, 5) is 10.0. The molecule has 7 heteroatoms. The first kappa shape index (κ1) is 13.4. The Kier molecular flexibility index (Phi) is 3.16. The van der Waals surface area contributed by atoms with Crippen LogP contribution in [0, 0.1) is 6.92 Å². The maximum atomic E-state index is 6.24. The number of rotatable bonds is 4. The molecule has 0 radical (unpaired) electrons. The van der Waals surface area contributed by atoms with Gasteiger partial charge in [0.05, 0.1) is 4.88 Å². The van der Waals surface area contributed by atoms with Gasteiger partial charge in [-0.2, -0.15) is 5.10 Å². The zero-order valence-corrected chi connectivity index (χ0v) is 13.0. The highest BCUT2D eigenvalue weighted by Crippen LogP contribution is 2.40. The lowest BCUT2D eigenvalue weighted by Crippen LogP contribution is -2.27. The number of nitrogens with two attached hydrogens (primary N) is 1. The summed E-state index contributed by atoms with van der Waals surface area (Å²) >= 11 is 1.61. The number of aromatic nitrogens is 4. The van der Waals surface area contributed by atoms with Crippen molar-refractivity contribution in [2.24, 2.45) is 5.84 Å². The first-order valence-electron chi connectivity index (χ1n) is 7.20. The van der Waals surface area contributed by atoms with Crippen molar-refractivity contribution < 1.29 is 0 Å². The van der Waals surface area contributed by atoms with Gasteiger partial charge in [-0.1, -0.05) is 6.07 Å². The molecule has 3 aromatic heterocycles. The Balaban J connectivity index is 1.69. The van der Waals surface area contributed by atoms with Gasteiger partial charge in [0.15, 0.2) is 17.5 Å². The minimum Gasteiger partial charge on any atom is -0.280 e. The molecule has 3 aromatic rings. The number of nitrogens with one attached hydrogen (secondary N) is 1. The lowest BCUT2D eigenvalue weighted by Gasteiger charge is -2.16. The van der Waals surface area contributed by atoms with E-state index in [-0.39, 0.29) is 0 Å². The number of thiophene rings is 1. The molecular formula is C15H16N6S. The minimum absolute atomic E-state index is 0.614. The Morgan fingerprint density at radius 2 is 2.27 bits per heavy atom. The van der Waals surface area contributed by atoms with Gasteiger partial charge < -0.3 is 0 Å². The molecule has 0 spiro atoms. The van der Waals surface area contributed by atoms with Crippen LogP contribution in [-0.4, -0.2) is 20.2 Å². The number of aromatic amines is 1. The van der Waals surface area contributed by atoms with E-state index in [1.165, 1.54) is 17.9 Å². The topological polar surface area (TPSA) is 83.7 Å². The third-order valence-electron chi connectivity index (χ3n) is 3.76. The fraction of sp³-hybridized carbons (Fsp3) is 0.267. The molecule has 6 nitrogen and oxygen atoms in total. The van der Waals surface area contributed by atoms with Crippen LogP contribution in [0.3, 0.4) is 0 Å². The molecule has 3 N–H and O–H groups in total. The highest BCUT2D eigenvalue weighted by Gasteiger charge is 2.26. The molecule has 112 valence electrons. The Labute approximate surface area is 132 Å². The molecule has 3 heterocycles. The summed E-state index contributed by atoms with van der Waals surface area (Å²) in [6.07, 6.45) is 4.24. The van der Waals surface area contributed by atoms with Crippen molar-refractivity contribution >= 4 is 23.0 Å². The van der Waals surface area contributed by atoms with Crippen LogP contribution in [0.4, 0.5) is 11.6 Å². The average Bonchev–Trinajstić information content (AvgIpc) is 3.05. The molecule has 1 aliphatic rings. The van der Waals surface area contributed by atoms with Crippen LogP contribution in [0.25, 0.3) is 10.7 Å². The van der Waals surface area contributed by atoms with E-state index >= 15 is 0 Å². The predicted octanol–water partition coefficient (Wildman–Crippen LogP) is 3.13. The lowest BCUT2D eigenvalue weighted by atomic mass is 10.3. The van der Waals surface area contributed by atoms with Crippen LogP contribution >= 0.6 is 11.3 Å². The second-order valence-corrected chi connectivity index (χ2v) is 6.45. The quantitative estimate of drug-likeness (QED) is 0.571. The molecule has 0 atom stereocenters. The minimum atomic E-state index is 0.614. The van der Waals surface area contributed by atoms with Crippen molar-refractivity contribution in [3.8, 4) is 10.7 Å². The maximum Gasteiger partial charge on any atom is 0.171 e. The Hall–Kier alpha value is -2.25. The monoisotopic (exact) mass is 312 g/mol. The van der Waals surface area contributed by atoms with Crippen molar-refractivity contribution in [1.29, 1.82) is 0 Å². The molecule has 0 saturated heterocycles. The fourth-order valence-electron chi connectivity index (χ4n) is 2.36. The summed E-state index contributed by atoms with van der Waals surface area (Å²) in [7, 11) is 0. The van der Waals surface area contributed by atoms with Crippen molar-refractivity contribution in [3.05, 3.63) is 41.0 Å². The molecule has 0 aliphatic heterocycles. The van der Waals surface area contributed by atoms with Crippen LogP contribution in [0.1, 0.15) is 30.0 Å². The second-order valence-electron chi connectivity index (χ2n) is 5.50. The van der Waals surface area contributed by atoms with Gasteiger partial charge in [-0.05, 0) is 31.2 Å². The van der Waals surface area contributed by atoms with Crippen molar-refractivity contribution in [1.82, 2.24) is 20.2 Å². The van der Waals surface area contributed by atoms with Gasteiger partial charge in [0.2, 0.25) is 0 Å². The fourth-order valence-corrected chi connectivity index (χ4v) is 3.03. The number of hydrogen-bond acceptors (Lipinski definition) is 6. The van der Waals surface area contributed by atoms with E-state index in [4.69, 9.17) is 5.84 Å². The molecule has 0 unspecified atom stereocenters. The van der Waals surface area contributed by atoms with Crippen LogP contribution in [0.5, 0.6) is 0 Å². The zero-order chi connectivity index (χ0) is 15.1. The Morgan fingerprint density at radius 1 is 1.41 bits per heavy atom. The highest BCUT2D eigenvalue weighted by atomic mass is 32.1. The van der Waals surface area contributed by atoms with Crippen LogP contribution in [0.15, 0.2) is 29.8 Å². The molecule has 1 saturated carbocycles. The van der Waals surface area contributed by atoms with Crippen molar-refractivity contribution in [2.45, 2.75) is 25.7 Å². The third kappa shape index (κ3) is 2.38. The second kappa shape index (κ2) is 5.19. The zero-order valence-electron chi connectivity index (χ0n) is 12.2. The van der Waals surface area contributed by atoms with E-state index in [1.807, 2.05) is 30.5 Å². The summed E-state index contributed by atoms with van der Waals surface area (Å²) in [5.41, 5.74) is 2.06. The molecule has 0 bridgehead atoms. The van der Waals surface area contributed by atoms with E-state index in [0.717, 1.165) is 16.1 Å². The van der Waals surface area contributed by atoms with Gasteiger partial charge in [-0.3, -0.25) is 5.10 Å². The van der Waals surface area contributed by atoms with E-state index in [1.54, 1.807) is 17.5 Å². The summed E-state index contributed by atoms with van der Waals surface area (Å²) in [5, 5.41) is 10.9. The van der Waals surface area contributed by atoms with Gasteiger partial charge in [0.25, 0.3) is 0 Å².